The third kappa shape index (κ3) is 49.5. The standard InChI is InChI=1S/2C7H18NSi.C4H10N.Co/c2*1-7(2,3)8-9(4,5)6;1-3-5-4-2;/h2*1-6H3;3-4H2,1-2H3;/q3*-1;+3. The third-order valence-corrected chi connectivity index (χ3v) is 4.47. The van der Waals surface area contributed by atoms with E-state index in [9.17, 15) is 0 Å². The molecule has 0 aliphatic rings. The molecule has 0 fully saturated rings. The number of nitrogens with zero attached hydrogens (tertiary/aromatic N) is 3. The van der Waals surface area contributed by atoms with Gasteiger partial charge in [-0.05, 0) is 0 Å². The van der Waals surface area contributed by atoms with Gasteiger partial charge in [-0.15, -0.1) is 11.1 Å². The van der Waals surface area contributed by atoms with Gasteiger partial charge >= 0.3 is 16.8 Å². The Morgan fingerprint density at radius 2 is 0.792 bits per heavy atom. The molecule has 0 saturated carbocycles. The van der Waals surface area contributed by atoms with E-state index in [4.69, 9.17) is 0 Å². The topological polar surface area (TPSA) is 42.3 Å². The Morgan fingerprint density at radius 1 is 0.583 bits per heavy atom. The van der Waals surface area contributed by atoms with E-state index in [1.54, 1.807) is 0 Å². The summed E-state index contributed by atoms with van der Waals surface area (Å²) in [6, 6.07) is 0. The minimum Gasteiger partial charge on any atom is -0.663 e. The fraction of sp³-hybridized carbons (Fsp3) is 1.00. The van der Waals surface area contributed by atoms with E-state index in [1.165, 1.54) is 0 Å². The zero-order valence-corrected chi connectivity index (χ0v) is 22.1. The molecule has 0 aliphatic heterocycles. The molecule has 24 heavy (non-hydrogen) atoms. The Labute approximate surface area is 167 Å². The summed E-state index contributed by atoms with van der Waals surface area (Å²) in [7, 11) is -2.34. The molecule has 0 saturated heterocycles. The van der Waals surface area contributed by atoms with Crippen molar-refractivity contribution in [2.45, 2.75) is 106 Å². The van der Waals surface area contributed by atoms with Gasteiger partial charge in [0.2, 0.25) is 0 Å². The van der Waals surface area contributed by atoms with E-state index in [0.717, 1.165) is 13.1 Å². The average Bonchev–Trinajstić information content (AvgIpc) is 2.07. The molecule has 0 amide bonds. The summed E-state index contributed by atoms with van der Waals surface area (Å²) in [5, 5.41) is 3.97. The van der Waals surface area contributed by atoms with Crippen molar-refractivity contribution >= 4 is 16.5 Å². The summed E-state index contributed by atoms with van der Waals surface area (Å²) in [6.45, 7) is 32.5. The molecule has 0 aliphatic carbocycles. The molecule has 0 aromatic rings. The summed E-state index contributed by atoms with van der Waals surface area (Å²) in [5.74, 6) is 0. The van der Waals surface area contributed by atoms with Crippen LogP contribution >= 0.6 is 0 Å². The van der Waals surface area contributed by atoms with Crippen LogP contribution in [0.1, 0.15) is 55.4 Å². The molecule has 0 heterocycles. The second-order valence-electron chi connectivity index (χ2n) is 9.76. The maximum Gasteiger partial charge on any atom is 3.00 e. The molecule has 0 rings (SSSR count). The van der Waals surface area contributed by atoms with Gasteiger partial charge in [0.15, 0.2) is 0 Å². The van der Waals surface area contributed by atoms with Crippen LogP contribution in [0.2, 0.25) is 39.3 Å². The van der Waals surface area contributed by atoms with E-state index < -0.39 is 16.5 Å². The van der Waals surface area contributed by atoms with E-state index in [2.05, 4.69) is 96.1 Å². The second kappa shape index (κ2) is 13.9. The van der Waals surface area contributed by atoms with Crippen LogP contribution in [-0.4, -0.2) is 40.6 Å². The van der Waals surface area contributed by atoms with Crippen molar-refractivity contribution in [3.8, 4) is 0 Å². The van der Waals surface area contributed by atoms with Crippen molar-refractivity contribution in [3.63, 3.8) is 0 Å². The fourth-order valence-electron chi connectivity index (χ4n) is 2.24. The van der Waals surface area contributed by atoms with Crippen LogP contribution in [0.15, 0.2) is 0 Å². The summed E-state index contributed by atoms with van der Waals surface area (Å²) < 4.78 is 0. The monoisotopic (exact) mass is 419 g/mol. The Morgan fingerprint density at radius 3 is 0.792 bits per heavy atom. The van der Waals surface area contributed by atoms with Gasteiger partial charge < -0.3 is 15.3 Å². The predicted molar refractivity (Wildman–Crippen MR) is 117 cm³/mol. The average molecular weight is 420 g/mol. The molecule has 150 valence electrons. The van der Waals surface area contributed by atoms with Gasteiger partial charge in [-0.2, -0.15) is 13.1 Å². The smallest absolute Gasteiger partial charge is 0.663 e. The number of rotatable bonds is 4. The first-order valence-corrected chi connectivity index (χ1v) is 15.8. The molecular weight excluding hydrogens is 373 g/mol. The van der Waals surface area contributed by atoms with E-state index in [-0.39, 0.29) is 27.9 Å². The Bertz CT molecular complexity index is 220. The first kappa shape index (κ1) is 32.5. The summed E-state index contributed by atoms with van der Waals surface area (Å²) >= 11 is 0. The molecule has 0 atom stereocenters. The number of hydrogen-bond acceptors (Lipinski definition) is 0. The zero-order valence-electron chi connectivity index (χ0n) is 19.1. The van der Waals surface area contributed by atoms with E-state index in [0.29, 0.717) is 0 Å². The van der Waals surface area contributed by atoms with E-state index in [1.807, 2.05) is 13.8 Å². The van der Waals surface area contributed by atoms with Gasteiger partial charge in [0.05, 0.1) is 0 Å². The molecular formula is C18H46CoN3Si2. The van der Waals surface area contributed by atoms with Crippen molar-refractivity contribution in [3.05, 3.63) is 15.3 Å². The summed E-state index contributed by atoms with van der Waals surface area (Å²) in [5.41, 5.74) is 0.342. The molecule has 6 heteroatoms. The summed E-state index contributed by atoms with van der Waals surface area (Å²) in [6.07, 6.45) is 0. The van der Waals surface area contributed by atoms with Gasteiger partial charge in [-0.1, -0.05) is 111 Å². The van der Waals surface area contributed by atoms with Gasteiger partial charge in [0.1, 0.15) is 0 Å². The fourth-order valence-corrected chi connectivity index (χ4v) is 6.26. The molecule has 0 aromatic carbocycles. The van der Waals surface area contributed by atoms with Crippen LogP contribution in [0, 0.1) is 0 Å². The largest absolute Gasteiger partial charge is 3.00 e. The predicted octanol–water partition coefficient (Wildman–Crippen LogP) is 7.38. The molecule has 0 aromatic heterocycles. The molecule has 0 bridgehead atoms. The van der Waals surface area contributed by atoms with Crippen molar-refractivity contribution in [1.82, 2.24) is 0 Å². The normalized spacial score (nSPS) is 12.2. The first-order chi connectivity index (χ1) is 9.83. The van der Waals surface area contributed by atoms with Gasteiger partial charge in [-0.25, -0.2) is 0 Å². The van der Waals surface area contributed by atoms with E-state index >= 15 is 0 Å². The van der Waals surface area contributed by atoms with Crippen molar-refractivity contribution in [2.24, 2.45) is 0 Å². The van der Waals surface area contributed by atoms with Crippen LogP contribution in [-0.2, 0) is 16.8 Å². The maximum atomic E-state index is 4.68. The zero-order chi connectivity index (χ0) is 19.5. The van der Waals surface area contributed by atoms with Gasteiger partial charge in [-0.3, -0.25) is 0 Å². The van der Waals surface area contributed by atoms with Crippen molar-refractivity contribution in [1.29, 1.82) is 0 Å². The minimum absolute atomic E-state index is 0. The van der Waals surface area contributed by atoms with Gasteiger partial charge in [0.25, 0.3) is 0 Å². The van der Waals surface area contributed by atoms with Crippen LogP contribution < -0.4 is 0 Å². The number of hydrogen-bond donors (Lipinski definition) is 0. The third-order valence-electron chi connectivity index (χ3n) is 1.79. The molecule has 0 N–H and O–H groups in total. The molecule has 0 radical (unpaired) electrons. The molecule has 0 spiro atoms. The Kier molecular flexibility index (Phi) is 18.9. The van der Waals surface area contributed by atoms with Crippen LogP contribution in [0.5, 0.6) is 0 Å². The Balaban J connectivity index is -0.000000128. The van der Waals surface area contributed by atoms with Crippen molar-refractivity contribution < 1.29 is 16.8 Å². The second-order valence-corrected chi connectivity index (χ2v) is 18.9. The van der Waals surface area contributed by atoms with Crippen LogP contribution in [0.25, 0.3) is 15.3 Å². The molecule has 0 unspecified atom stereocenters. The minimum atomic E-state index is -1.17. The quantitative estimate of drug-likeness (QED) is 0.426. The van der Waals surface area contributed by atoms with Crippen molar-refractivity contribution in [2.75, 3.05) is 13.1 Å². The summed E-state index contributed by atoms with van der Waals surface area (Å²) in [4.78, 5) is 9.36. The van der Waals surface area contributed by atoms with Crippen LogP contribution in [0.4, 0.5) is 0 Å². The maximum absolute atomic E-state index is 4.68. The van der Waals surface area contributed by atoms with Gasteiger partial charge in [0, 0.05) is 0 Å². The SMILES string of the molecule is CC(C)(C)[N-][Si](C)(C)C.CC(C)(C)[N-][Si](C)(C)C.CC[N-]CC.[Co+3]. The van der Waals surface area contributed by atoms with Crippen LogP contribution in [0.3, 0.4) is 0 Å². The first-order valence-electron chi connectivity index (χ1n) is 8.94. The molecule has 3 nitrogen and oxygen atoms in total. The Hall–Kier alpha value is 0.820.